The van der Waals surface area contributed by atoms with E-state index in [0.29, 0.717) is 12.3 Å². The molecule has 0 radical (unpaired) electrons. The Bertz CT molecular complexity index is 957. The molecule has 0 aliphatic carbocycles. The Labute approximate surface area is 145 Å². The zero-order chi connectivity index (χ0) is 17.9. The van der Waals surface area contributed by atoms with Crippen LogP contribution in [0.4, 0.5) is 0 Å². The lowest BCUT2D eigenvalue weighted by atomic mass is 10.2. The number of rotatable bonds is 6. The number of esters is 1. The summed E-state index contributed by atoms with van der Waals surface area (Å²) in [5.41, 5.74) is 0.998. The van der Waals surface area contributed by atoms with Crippen molar-refractivity contribution in [2.75, 3.05) is 6.54 Å². The van der Waals surface area contributed by atoms with Crippen molar-refractivity contribution >= 4 is 27.0 Å². The van der Waals surface area contributed by atoms with Crippen LogP contribution in [-0.2, 0) is 21.4 Å². The molecule has 0 saturated heterocycles. The van der Waals surface area contributed by atoms with E-state index < -0.39 is 16.0 Å². The van der Waals surface area contributed by atoms with Crippen molar-refractivity contribution in [2.24, 2.45) is 0 Å². The SMILES string of the molecule is CCNS(=O)(=O)c1ccc(C(=O)OCc2cc3ccccc3o2)cc1. The molecule has 6 nitrogen and oxygen atoms in total. The number of ether oxygens (including phenoxy) is 1. The van der Waals surface area contributed by atoms with Crippen LogP contribution in [0.15, 0.2) is 63.9 Å². The first kappa shape index (κ1) is 17.2. The first-order valence-electron chi connectivity index (χ1n) is 7.74. The lowest BCUT2D eigenvalue weighted by molar-refractivity contribution is 0.0447. The first-order valence-corrected chi connectivity index (χ1v) is 9.22. The smallest absolute Gasteiger partial charge is 0.338 e. The summed E-state index contributed by atoms with van der Waals surface area (Å²) in [6.45, 7) is 2.00. The number of fused-ring (bicyclic) bond motifs is 1. The molecule has 0 unspecified atom stereocenters. The number of carbonyl (C=O) groups excluding carboxylic acids is 1. The van der Waals surface area contributed by atoms with Crippen LogP contribution in [0.2, 0.25) is 0 Å². The maximum atomic E-state index is 12.1. The Morgan fingerprint density at radius 3 is 2.52 bits per heavy atom. The molecule has 1 N–H and O–H groups in total. The molecular weight excluding hydrogens is 342 g/mol. The molecule has 0 saturated carbocycles. The average molecular weight is 359 g/mol. The Balaban J connectivity index is 1.67. The minimum absolute atomic E-state index is 0.00491. The van der Waals surface area contributed by atoms with Gasteiger partial charge >= 0.3 is 5.97 Å². The molecule has 130 valence electrons. The van der Waals surface area contributed by atoms with Crippen molar-refractivity contribution in [3.8, 4) is 0 Å². The van der Waals surface area contributed by atoms with E-state index in [2.05, 4.69) is 4.72 Å². The van der Waals surface area contributed by atoms with Gasteiger partial charge in [0, 0.05) is 11.9 Å². The van der Waals surface area contributed by atoms with E-state index in [1.165, 1.54) is 24.3 Å². The maximum absolute atomic E-state index is 12.1. The fourth-order valence-corrected chi connectivity index (χ4v) is 3.41. The van der Waals surface area contributed by atoms with E-state index in [0.717, 1.165) is 11.0 Å². The Morgan fingerprint density at radius 2 is 1.84 bits per heavy atom. The molecule has 1 heterocycles. The van der Waals surface area contributed by atoms with E-state index in [4.69, 9.17) is 9.15 Å². The van der Waals surface area contributed by atoms with E-state index in [1.54, 1.807) is 6.92 Å². The number of hydrogen-bond acceptors (Lipinski definition) is 5. The summed E-state index contributed by atoms with van der Waals surface area (Å²) < 4.78 is 36.9. The number of para-hydroxylation sites is 1. The van der Waals surface area contributed by atoms with E-state index in [-0.39, 0.29) is 17.1 Å². The van der Waals surface area contributed by atoms with Gasteiger partial charge in [-0.05, 0) is 36.4 Å². The third-order valence-electron chi connectivity index (χ3n) is 3.56. The standard InChI is InChI=1S/C18H17NO5S/c1-2-19-25(21,22)16-9-7-13(8-10-16)18(20)23-12-15-11-14-5-3-4-6-17(14)24-15/h3-11,19H,2,12H2,1H3. The van der Waals surface area contributed by atoms with Crippen molar-refractivity contribution in [1.82, 2.24) is 4.72 Å². The molecule has 3 rings (SSSR count). The molecule has 0 fully saturated rings. The lowest BCUT2D eigenvalue weighted by Gasteiger charge is -2.06. The van der Waals surface area contributed by atoms with Gasteiger partial charge in [-0.1, -0.05) is 25.1 Å². The zero-order valence-corrected chi connectivity index (χ0v) is 14.4. The molecule has 2 aromatic carbocycles. The van der Waals surface area contributed by atoms with Crippen molar-refractivity contribution in [2.45, 2.75) is 18.4 Å². The third-order valence-corrected chi connectivity index (χ3v) is 5.12. The zero-order valence-electron chi connectivity index (χ0n) is 13.6. The van der Waals surface area contributed by atoms with Crippen LogP contribution in [0.5, 0.6) is 0 Å². The van der Waals surface area contributed by atoms with Gasteiger partial charge in [0.05, 0.1) is 10.5 Å². The monoisotopic (exact) mass is 359 g/mol. The fraction of sp³-hybridized carbons (Fsp3) is 0.167. The number of carbonyl (C=O) groups is 1. The van der Waals surface area contributed by atoms with Crippen LogP contribution in [0.3, 0.4) is 0 Å². The quantitative estimate of drug-likeness (QED) is 0.684. The summed E-state index contributed by atoms with van der Waals surface area (Å²) in [6.07, 6.45) is 0. The number of sulfonamides is 1. The molecule has 0 aliphatic rings. The maximum Gasteiger partial charge on any atom is 0.338 e. The first-order chi connectivity index (χ1) is 12.0. The van der Waals surface area contributed by atoms with Crippen LogP contribution < -0.4 is 4.72 Å². The summed E-state index contributed by atoms with van der Waals surface area (Å²) in [4.78, 5) is 12.2. The van der Waals surface area contributed by atoms with Gasteiger partial charge in [0.2, 0.25) is 10.0 Å². The second-order valence-electron chi connectivity index (χ2n) is 5.35. The largest absolute Gasteiger partial charge is 0.457 e. The number of nitrogens with one attached hydrogen (secondary N) is 1. The molecule has 7 heteroatoms. The van der Waals surface area contributed by atoms with Gasteiger partial charge in [0.15, 0.2) is 0 Å². The molecule has 3 aromatic rings. The lowest BCUT2D eigenvalue weighted by Crippen LogP contribution is -2.23. The minimum Gasteiger partial charge on any atom is -0.457 e. The number of benzene rings is 2. The van der Waals surface area contributed by atoms with Crippen molar-refractivity contribution in [1.29, 1.82) is 0 Å². The highest BCUT2D eigenvalue weighted by Crippen LogP contribution is 2.20. The van der Waals surface area contributed by atoms with Crippen LogP contribution in [0.25, 0.3) is 11.0 Å². The molecule has 0 bridgehead atoms. The topological polar surface area (TPSA) is 85.6 Å². The van der Waals surface area contributed by atoms with Crippen LogP contribution in [0.1, 0.15) is 23.0 Å². The minimum atomic E-state index is -3.54. The molecule has 1 aromatic heterocycles. The molecular formula is C18H17NO5S. The summed E-state index contributed by atoms with van der Waals surface area (Å²) >= 11 is 0. The third kappa shape index (κ3) is 3.89. The highest BCUT2D eigenvalue weighted by atomic mass is 32.2. The van der Waals surface area contributed by atoms with E-state index >= 15 is 0 Å². The summed E-state index contributed by atoms with van der Waals surface area (Å²) in [5.74, 6) is -0.00579. The molecule has 25 heavy (non-hydrogen) atoms. The van der Waals surface area contributed by atoms with Gasteiger partial charge in [-0.2, -0.15) is 0 Å². The van der Waals surface area contributed by atoms with Crippen LogP contribution in [-0.4, -0.2) is 20.9 Å². The van der Waals surface area contributed by atoms with Gasteiger partial charge in [0.1, 0.15) is 18.0 Å². The summed E-state index contributed by atoms with van der Waals surface area (Å²) in [5, 5.41) is 0.937. The van der Waals surface area contributed by atoms with E-state index in [9.17, 15) is 13.2 Å². The predicted molar refractivity (Wildman–Crippen MR) is 92.6 cm³/mol. The van der Waals surface area contributed by atoms with Crippen molar-refractivity contribution < 1.29 is 22.4 Å². The van der Waals surface area contributed by atoms with Gasteiger partial charge < -0.3 is 9.15 Å². The number of furan rings is 1. The van der Waals surface area contributed by atoms with Gasteiger partial charge in [0.25, 0.3) is 0 Å². The Hall–Kier alpha value is -2.64. The second kappa shape index (κ2) is 7.08. The highest BCUT2D eigenvalue weighted by molar-refractivity contribution is 7.89. The molecule has 0 atom stereocenters. The Kier molecular flexibility index (Phi) is 4.87. The second-order valence-corrected chi connectivity index (χ2v) is 7.12. The van der Waals surface area contributed by atoms with Crippen LogP contribution in [0, 0.1) is 0 Å². The van der Waals surface area contributed by atoms with Crippen molar-refractivity contribution in [3.05, 3.63) is 65.9 Å². The summed E-state index contributed by atoms with van der Waals surface area (Å²) in [7, 11) is -3.54. The van der Waals surface area contributed by atoms with Gasteiger partial charge in [-0.3, -0.25) is 0 Å². The number of hydrogen-bond donors (Lipinski definition) is 1. The van der Waals surface area contributed by atoms with Crippen molar-refractivity contribution in [3.63, 3.8) is 0 Å². The normalized spacial score (nSPS) is 11.6. The molecule has 0 aliphatic heterocycles. The predicted octanol–water partition coefficient (Wildman–Crippen LogP) is 3.09. The summed E-state index contributed by atoms with van der Waals surface area (Å²) in [6, 6.07) is 14.9. The Morgan fingerprint density at radius 1 is 1.12 bits per heavy atom. The molecule has 0 spiro atoms. The van der Waals surface area contributed by atoms with E-state index in [1.807, 2.05) is 30.3 Å². The van der Waals surface area contributed by atoms with Crippen LogP contribution >= 0.6 is 0 Å². The fourth-order valence-electron chi connectivity index (χ4n) is 2.37. The highest BCUT2D eigenvalue weighted by Gasteiger charge is 2.15. The van der Waals surface area contributed by atoms with Gasteiger partial charge in [-0.15, -0.1) is 0 Å². The average Bonchev–Trinajstić information content (AvgIpc) is 3.02. The molecule has 0 amide bonds. The van der Waals surface area contributed by atoms with Gasteiger partial charge in [-0.25, -0.2) is 17.9 Å².